The summed E-state index contributed by atoms with van der Waals surface area (Å²) in [5.41, 5.74) is 0.587. The Morgan fingerprint density at radius 1 is 1.30 bits per heavy atom. The number of carbonyl (C=O) groups is 3. The molecule has 2 fully saturated rings. The van der Waals surface area contributed by atoms with E-state index in [4.69, 9.17) is 16.3 Å². The predicted molar refractivity (Wildman–Crippen MR) is 101 cm³/mol. The van der Waals surface area contributed by atoms with Crippen LogP contribution in [0.5, 0.6) is 0 Å². The molecule has 2 heterocycles. The standard InChI is InChI=1S/C18H23ClN4O4/c1-22(2)15(24)9-20-16(25)13-5-4-12(8-14(13)19)21-17(26)23-10-18(11-23)6-3-7-27-18/h4-5,8H,3,6-7,9-11H2,1-2H3,(H,20,25)(H,21,26). The zero-order chi connectivity index (χ0) is 19.6. The van der Waals surface area contributed by atoms with E-state index in [0.717, 1.165) is 19.4 Å². The summed E-state index contributed by atoms with van der Waals surface area (Å²) < 4.78 is 5.71. The number of amides is 4. The van der Waals surface area contributed by atoms with Gasteiger partial charge in [0.2, 0.25) is 5.91 Å². The molecule has 0 aromatic heterocycles. The number of nitrogens with zero attached hydrogens (tertiary/aromatic N) is 2. The van der Waals surface area contributed by atoms with Crippen molar-refractivity contribution in [1.82, 2.24) is 15.1 Å². The third-order valence-electron chi connectivity index (χ3n) is 4.79. The molecule has 0 aliphatic carbocycles. The van der Waals surface area contributed by atoms with Crippen LogP contribution in [0.4, 0.5) is 10.5 Å². The van der Waals surface area contributed by atoms with Crippen LogP contribution in [0.3, 0.4) is 0 Å². The van der Waals surface area contributed by atoms with Gasteiger partial charge < -0.3 is 25.2 Å². The molecule has 0 saturated carbocycles. The Bertz CT molecular complexity index is 754. The molecule has 3 rings (SSSR count). The smallest absolute Gasteiger partial charge is 0.322 e. The van der Waals surface area contributed by atoms with Crippen molar-refractivity contribution in [2.75, 3.05) is 45.7 Å². The largest absolute Gasteiger partial charge is 0.371 e. The summed E-state index contributed by atoms with van der Waals surface area (Å²) in [6.45, 7) is 1.83. The second-order valence-corrected chi connectivity index (χ2v) is 7.49. The first-order valence-corrected chi connectivity index (χ1v) is 9.15. The number of ether oxygens (including phenoxy) is 1. The van der Waals surface area contributed by atoms with E-state index in [2.05, 4.69) is 10.6 Å². The van der Waals surface area contributed by atoms with Gasteiger partial charge in [-0.15, -0.1) is 0 Å². The average molecular weight is 395 g/mol. The van der Waals surface area contributed by atoms with Crippen LogP contribution in [-0.4, -0.2) is 73.6 Å². The Morgan fingerprint density at radius 3 is 2.63 bits per heavy atom. The summed E-state index contributed by atoms with van der Waals surface area (Å²) in [5.74, 6) is -0.668. The first kappa shape index (κ1) is 19.4. The lowest BCUT2D eigenvalue weighted by molar-refractivity contribution is -0.127. The Morgan fingerprint density at radius 2 is 2.04 bits per heavy atom. The van der Waals surface area contributed by atoms with Gasteiger partial charge >= 0.3 is 6.03 Å². The van der Waals surface area contributed by atoms with Crippen molar-refractivity contribution in [3.05, 3.63) is 28.8 Å². The molecule has 1 spiro atoms. The van der Waals surface area contributed by atoms with Gasteiger partial charge in [0.25, 0.3) is 5.91 Å². The topological polar surface area (TPSA) is 91.0 Å². The highest BCUT2D eigenvalue weighted by Gasteiger charge is 2.48. The van der Waals surface area contributed by atoms with Gasteiger partial charge in [-0.3, -0.25) is 9.59 Å². The molecule has 2 N–H and O–H groups in total. The molecule has 0 bridgehead atoms. The second-order valence-electron chi connectivity index (χ2n) is 7.09. The van der Waals surface area contributed by atoms with Crippen LogP contribution in [0.15, 0.2) is 18.2 Å². The first-order chi connectivity index (χ1) is 12.8. The van der Waals surface area contributed by atoms with E-state index in [9.17, 15) is 14.4 Å². The van der Waals surface area contributed by atoms with Crippen LogP contribution in [0.25, 0.3) is 0 Å². The number of urea groups is 1. The van der Waals surface area contributed by atoms with Gasteiger partial charge in [-0.1, -0.05) is 11.6 Å². The van der Waals surface area contributed by atoms with E-state index in [1.807, 2.05) is 0 Å². The van der Waals surface area contributed by atoms with E-state index in [1.54, 1.807) is 25.1 Å². The fraction of sp³-hybridized carbons (Fsp3) is 0.500. The van der Waals surface area contributed by atoms with E-state index in [1.165, 1.54) is 17.0 Å². The number of likely N-dealkylation sites (N-methyl/N-ethyl adjacent to an activating group) is 1. The van der Waals surface area contributed by atoms with Gasteiger partial charge in [0.15, 0.2) is 0 Å². The highest BCUT2D eigenvalue weighted by Crippen LogP contribution is 2.35. The minimum Gasteiger partial charge on any atom is -0.371 e. The number of anilines is 1. The molecule has 0 atom stereocenters. The number of hydrogen-bond acceptors (Lipinski definition) is 4. The van der Waals surface area contributed by atoms with Crippen molar-refractivity contribution >= 4 is 35.1 Å². The molecule has 146 valence electrons. The Hall–Kier alpha value is -2.32. The minimum absolute atomic E-state index is 0.112. The highest BCUT2D eigenvalue weighted by molar-refractivity contribution is 6.34. The van der Waals surface area contributed by atoms with Crippen LogP contribution in [0.2, 0.25) is 5.02 Å². The molecule has 1 aromatic rings. The zero-order valence-corrected chi connectivity index (χ0v) is 16.1. The van der Waals surface area contributed by atoms with Crippen molar-refractivity contribution in [3.8, 4) is 0 Å². The van der Waals surface area contributed by atoms with E-state index < -0.39 is 5.91 Å². The number of benzene rings is 1. The zero-order valence-electron chi connectivity index (χ0n) is 15.4. The van der Waals surface area contributed by atoms with Gasteiger partial charge in [-0.05, 0) is 31.0 Å². The van der Waals surface area contributed by atoms with Crippen LogP contribution in [-0.2, 0) is 9.53 Å². The van der Waals surface area contributed by atoms with Crippen molar-refractivity contribution in [1.29, 1.82) is 0 Å². The number of nitrogens with one attached hydrogen (secondary N) is 2. The molecular formula is C18H23ClN4O4. The number of rotatable bonds is 4. The molecule has 2 saturated heterocycles. The molecule has 2 aliphatic rings. The van der Waals surface area contributed by atoms with Crippen LogP contribution in [0, 0.1) is 0 Å². The maximum Gasteiger partial charge on any atom is 0.322 e. The molecule has 27 heavy (non-hydrogen) atoms. The molecular weight excluding hydrogens is 372 g/mol. The first-order valence-electron chi connectivity index (χ1n) is 8.77. The van der Waals surface area contributed by atoms with Crippen LogP contribution >= 0.6 is 11.6 Å². The Labute approximate surface area is 162 Å². The summed E-state index contributed by atoms with van der Waals surface area (Å²) >= 11 is 6.17. The fourth-order valence-corrected chi connectivity index (χ4v) is 3.45. The summed E-state index contributed by atoms with van der Waals surface area (Å²) in [5, 5.41) is 5.49. The molecule has 0 unspecified atom stereocenters. The number of carbonyl (C=O) groups excluding carboxylic acids is 3. The average Bonchev–Trinajstić information content (AvgIpc) is 3.08. The van der Waals surface area contributed by atoms with Crippen molar-refractivity contribution < 1.29 is 19.1 Å². The van der Waals surface area contributed by atoms with Crippen molar-refractivity contribution in [2.45, 2.75) is 18.4 Å². The molecule has 8 nitrogen and oxygen atoms in total. The van der Waals surface area contributed by atoms with Gasteiger partial charge in [0.05, 0.1) is 30.2 Å². The fourth-order valence-electron chi connectivity index (χ4n) is 3.19. The molecule has 0 radical (unpaired) electrons. The van der Waals surface area contributed by atoms with E-state index in [-0.39, 0.29) is 34.7 Å². The van der Waals surface area contributed by atoms with Gasteiger partial charge in [0, 0.05) is 26.4 Å². The quantitative estimate of drug-likeness (QED) is 0.810. The minimum atomic E-state index is -0.448. The van der Waals surface area contributed by atoms with Crippen LogP contribution in [0.1, 0.15) is 23.2 Å². The third kappa shape index (κ3) is 4.33. The lowest BCUT2D eigenvalue weighted by Crippen LogP contribution is -2.63. The maximum atomic E-state index is 12.3. The highest BCUT2D eigenvalue weighted by atomic mass is 35.5. The van der Waals surface area contributed by atoms with Crippen molar-refractivity contribution in [3.63, 3.8) is 0 Å². The van der Waals surface area contributed by atoms with E-state index >= 15 is 0 Å². The number of hydrogen-bond donors (Lipinski definition) is 2. The lowest BCUT2D eigenvalue weighted by atomic mass is 9.91. The SMILES string of the molecule is CN(C)C(=O)CNC(=O)c1ccc(NC(=O)N2CC3(CCCO3)C2)cc1Cl. The lowest BCUT2D eigenvalue weighted by Gasteiger charge is -2.46. The number of halogens is 1. The normalized spacial score (nSPS) is 17.4. The molecule has 4 amide bonds. The number of likely N-dealkylation sites (tertiary alicyclic amines) is 1. The molecule has 9 heteroatoms. The van der Waals surface area contributed by atoms with Crippen LogP contribution < -0.4 is 10.6 Å². The van der Waals surface area contributed by atoms with Gasteiger partial charge in [-0.2, -0.15) is 0 Å². The maximum absolute atomic E-state index is 12.3. The van der Waals surface area contributed by atoms with E-state index in [0.29, 0.717) is 18.8 Å². The monoisotopic (exact) mass is 394 g/mol. The van der Waals surface area contributed by atoms with Crippen molar-refractivity contribution in [2.24, 2.45) is 0 Å². The summed E-state index contributed by atoms with van der Waals surface area (Å²) in [6, 6.07) is 4.42. The molecule has 1 aromatic carbocycles. The van der Waals surface area contributed by atoms with Gasteiger partial charge in [-0.25, -0.2) is 4.79 Å². The molecule has 2 aliphatic heterocycles. The second kappa shape index (κ2) is 7.74. The summed E-state index contributed by atoms with van der Waals surface area (Å²) in [6.07, 6.45) is 2.03. The third-order valence-corrected chi connectivity index (χ3v) is 5.11. The van der Waals surface area contributed by atoms with Gasteiger partial charge in [0.1, 0.15) is 5.60 Å². The Balaban J connectivity index is 1.54. The summed E-state index contributed by atoms with van der Waals surface area (Å²) in [4.78, 5) is 39.1. The predicted octanol–water partition coefficient (Wildman–Crippen LogP) is 1.55. The Kier molecular flexibility index (Phi) is 5.57. The summed E-state index contributed by atoms with van der Waals surface area (Å²) in [7, 11) is 3.22.